The summed E-state index contributed by atoms with van der Waals surface area (Å²) in [6, 6.07) is 2.15. The van der Waals surface area contributed by atoms with Crippen LogP contribution in [-0.4, -0.2) is 31.8 Å². The quantitative estimate of drug-likeness (QED) is 0.895. The molecule has 1 heterocycles. The van der Waals surface area contributed by atoms with Crippen molar-refractivity contribution in [3.8, 4) is 0 Å². The zero-order valence-corrected chi connectivity index (χ0v) is 11.4. The highest BCUT2D eigenvalue weighted by Gasteiger charge is 2.18. The Balaban J connectivity index is 1.96. The van der Waals surface area contributed by atoms with Crippen LogP contribution in [0, 0.1) is 11.6 Å². The molecule has 0 amide bonds. The minimum Gasteiger partial charge on any atom is -0.379 e. The number of ether oxygens (including phenoxy) is 1. The Labute approximate surface area is 116 Å². The summed E-state index contributed by atoms with van der Waals surface area (Å²) >= 11 is 5.84. The average molecular weight is 291 g/mol. The van der Waals surface area contributed by atoms with Crippen molar-refractivity contribution in [2.75, 3.05) is 25.1 Å². The predicted molar refractivity (Wildman–Crippen MR) is 71.7 cm³/mol. The minimum atomic E-state index is -0.678. The van der Waals surface area contributed by atoms with Gasteiger partial charge in [-0.1, -0.05) is 11.6 Å². The zero-order valence-electron chi connectivity index (χ0n) is 10.7. The second kappa shape index (κ2) is 6.50. The third-order valence-electron chi connectivity index (χ3n) is 3.03. The molecule has 0 aliphatic carbocycles. The molecule has 1 aromatic carbocycles. The van der Waals surface area contributed by atoms with Crippen molar-refractivity contribution in [2.45, 2.75) is 25.4 Å². The lowest BCUT2D eigenvalue weighted by atomic mass is 10.1. The molecule has 1 aliphatic rings. The van der Waals surface area contributed by atoms with Crippen LogP contribution in [0.1, 0.15) is 13.3 Å². The molecule has 0 bridgehead atoms. The van der Waals surface area contributed by atoms with Crippen LogP contribution in [-0.2, 0) is 4.74 Å². The number of benzene rings is 1. The summed E-state index contributed by atoms with van der Waals surface area (Å²) in [5, 5.41) is 6.36. The van der Waals surface area contributed by atoms with Crippen molar-refractivity contribution in [2.24, 2.45) is 0 Å². The molecule has 1 saturated heterocycles. The monoisotopic (exact) mass is 290 g/mol. The van der Waals surface area contributed by atoms with Gasteiger partial charge in [0.1, 0.15) is 5.82 Å². The Morgan fingerprint density at radius 3 is 2.95 bits per heavy atom. The molecular formula is C13H17ClF2N2O. The molecule has 3 nitrogen and oxygen atoms in total. The third kappa shape index (κ3) is 4.03. The van der Waals surface area contributed by atoms with Crippen molar-refractivity contribution in [3.63, 3.8) is 0 Å². The fourth-order valence-electron chi connectivity index (χ4n) is 2.18. The van der Waals surface area contributed by atoms with E-state index in [0.29, 0.717) is 6.61 Å². The van der Waals surface area contributed by atoms with E-state index in [4.69, 9.17) is 16.3 Å². The molecular weight excluding hydrogens is 274 g/mol. The van der Waals surface area contributed by atoms with Gasteiger partial charge in [-0.15, -0.1) is 0 Å². The highest BCUT2D eigenvalue weighted by atomic mass is 35.5. The molecule has 1 aromatic rings. The number of anilines is 1. The normalized spacial score (nSPS) is 21.2. The van der Waals surface area contributed by atoms with E-state index in [1.54, 1.807) is 0 Å². The van der Waals surface area contributed by atoms with E-state index in [2.05, 4.69) is 10.6 Å². The maximum absolute atomic E-state index is 13.6. The number of rotatable bonds is 4. The smallest absolute Gasteiger partial charge is 0.150 e. The molecule has 2 rings (SSSR count). The van der Waals surface area contributed by atoms with E-state index in [-0.39, 0.29) is 22.8 Å². The predicted octanol–water partition coefficient (Wildman–Crippen LogP) is 2.80. The van der Waals surface area contributed by atoms with Gasteiger partial charge in [0.15, 0.2) is 5.82 Å². The molecule has 2 unspecified atom stereocenters. The van der Waals surface area contributed by atoms with E-state index >= 15 is 0 Å². The number of hydrogen-bond donors (Lipinski definition) is 2. The standard InChI is InChI=1S/C13H17ClF2N2O/c1-8(4-10-7-19-3-2-17-10)18-13-11(14)5-9(15)6-12(13)16/h5-6,8,10,17-18H,2-4,7H2,1H3. The van der Waals surface area contributed by atoms with Crippen LogP contribution < -0.4 is 10.6 Å². The van der Waals surface area contributed by atoms with Crippen LogP contribution in [0.5, 0.6) is 0 Å². The summed E-state index contributed by atoms with van der Waals surface area (Å²) in [5.74, 6) is -1.35. The second-order valence-electron chi connectivity index (χ2n) is 4.75. The topological polar surface area (TPSA) is 33.3 Å². The van der Waals surface area contributed by atoms with Crippen molar-refractivity contribution >= 4 is 17.3 Å². The summed E-state index contributed by atoms with van der Waals surface area (Å²) in [4.78, 5) is 0. The van der Waals surface area contributed by atoms with Crippen LogP contribution in [0.2, 0.25) is 5.02 Å². The van der Waals surface area contributed by atoms with Gasteiger partial charge in [0.05, 0.1) is 23.9 Å². The molecule has 6 heteroatoms. The van der Waals surface area contributed by atoms with Crippen LogP contribution in [0.3, 0.4) is 0 Å². The van der Waals surface area contributed by atoms with Gasteiger partial charge in [0.25, 0.3) is 0 Å². The van der Waals surface area contributed by atoms with E-state index in [9.17, 15) is 8.78 Å². The maximum atomic E-state index is 13.6. The van der Waals surface area contributed by atoms with Crippen molar-refractivity contribution in [1.82, 2.24) is 5.32 Å². The summed E-state index contributed by atoms with van der Waals surface area (Å²) in [6.45, 7) is 4.11. The molecule has 2 atom stereocenters. The van der Waals surface area contributed by atoms with Crippen molar-refractivity contribution < 1.29 is 13.5 Å². The molecule has 1 fully saturated rings. The first-order valence-corrected chi connectivity index (χ1v) is 6.66. The molecule has 0 spiro atoms. The van der Waals surface area contributed by atoms with Gasteiger partial charge in [-0.25, -0.2) is 8.78 Å². The Bertz CT molecular complexity index is 416. The number of halogens is 3. The summed E-state index contributed by atoms with van der Waals surface area (Å²) < 4.78 is 31.9. The Morgan fingerprint density at radius 1 is 1.53 bits per heavy atom. The largest absolute Gasteiger partial charge is 0.379 e. The first-order valence-electron chi connectivity index (χ1n) is 6.28. The molecule has 1 aliphatic heterocycles. The molecule has 0 saturated carbocycles. The Morgan fingerprint density at radius 2 is 2.32 bits per heavy atom. The average Bonchev–Trinajstić information content (AvgIpc) is 2.35. The van der Waals surface area contributed by atoms with E-state index in [0.717, 1.165) is 31.7 Å². The van der Waals surface area contributed by atoms with Gasteiger partial charge < -0.3 is 15.4 Å². The fourth-order valence-corrected chi connectivity index (χ4v) is 2.43. The third-order valence-corrected chi connectivity index (χ3v) is 3.33. The highest BCUT2D eigenvalue weighted by molar-refractivity contribution is 6.33. The van der Waals surface area contributed by atoms with Gasteiger partial charge in [0, 0.05) is 24.7 Å². The van der Waals surface area contributed by atoms with Crippen LogP contribution >= 0.6 is 11.6 Å². The Kier molecular flexibility index (Phi) is 4.96. The Hall–Kier alpha value is -0.910. The van der Waals surface area contributed by atoms with Crippen LogP contribution in [0.15, 0.2) is 12.1 Å². The minimum absolute atomic E-state index is 0.00309. The number of nitrogens with one attached hydrogen (secondary N) is 2. The van der Waals surface area contributed by atoms with Gasteiger partial charge in [-0.3, -0.25) is 0 Å². The van der Waals surface area contributed by atoms with Crippen LogP contribution in [0.4, 0.5) is 14.5 Å². The zero-order chi connectivity index (χ0) is 13.8. The van der Waals surface area contributed by atoms with Gasteiger partial charge in [-0.05, 0) is 19.4 Å². The lowest BCUT2D eigenvalue weighted by molar-refractivity contribution is 0.0731. The molecule has 0 radical (unpaired) electrons. The summed E-state index contributed by atoms with van der Waals surface area (Å²) in [5.41, 5.74) is 0.146. The van der Waals surface area contributed by atoms with Gasteiger partial charge >= 0.3 is 0 Å². The number of morpholine rings is 1. The van der Waals surface area contributed by atoms with Gasteiger partial charge in [0.2, 0.25) is 0 Å². The SMILES string of the molecule is CC(CC1COCCN1)Nc1c(F)cc(F)cc1Cl. The molecule has 19 heavy (non-hydrogen) atoms. The first kappa shape index (κ1) is 14.5. The highest BCUT2D eigenvalue weighted by Crippen LogP contribution is 2.27. The summed E-state index contributed by atoms with van der Waals surface area (Å²) in [6.07, 6.45) is 0.771. The molecule has 2 N–H and O–H groups in total. The lowest BCUT2D eigenvalue weighted by Gasteiger charge is -2.27. The van der Waals surface area contributed by atoms with Crippen LogP contribution in [0.25, 0.3) is 0 Å². The first-order chi connectivity index (χ1) is 9.06. The fraction of sp³-hybridized carbons (Fsp3) is 0.538. The second-order valence-corrected chi connectivity index (χ2v) is 5.16. The molecule has 0 aromatic heterocycles. The van der Waals surface area contributed by atoms with E-state index in [1.807, 2.05) is 6.92 Å². The van der Waals surface area contributed by atoms with Gasteiger partial charge in [-0.2, -0.15) is 0 Å². The number of hydrogen-bond acceptors (Lipinski definition) is 3. The maximum Gasteiger partial charge on any atom is 0.150 e. The summed E-state index contributed by atoms with van der Waals surface area (Å²) in [7, 11) is 0. The molecule has 106 valence electrons. The van der Waals surface area contributed by atoms with Crippen molar-refractivity contribution in [3.05, 3.63) is 28.8 Å². The van der Waals surface area contributed by atoms with E-state index in [1.165, 1.54) is 0 Å². The van der Waals surface area contributed by atoms with Crippen molar-refractivity contribution in [1.29, 1.82) is 0 Å². The van der Waals surface area contributed by atoms with E-state index < -0.39 is 11.6 Å². The lowest BCUT2D eigenvalue weighted by Crippen LogP contribution is -2.43.